The fourth-order valence-corrected chi connectivity index (χ4v) is 1.73. The molecule has 0 fully saturated rings. The highest BCUT2D eigenvalue weighted by atomic mass is 19.4. The summed E-state index contributed by atoms with van der Waals surface area (Å²) in [5.74, 6) is -0.611. The molecule has 4 nitrogen and oxygen atoms in total. The first-order chi connectivity index (χ1) is 9.69. The number of halogens is 3. The highest BCUT2D eigenvalue weighted by Crippen LogP contribution is 2.22. The molecule has 1 aromatic rings. The van der Waals surface area contributed by atoms with Gasteiger partial charge in [-0.15, -0.1) is 0 Å². The van der Waals surface area contributed by atoms with Crippen LogP contribution in [-0.2, 0) is 0 Å². The van der Waals surface area contributed by atoms with Gasteiger partial charge in [-0.25, -0.2) is 9.78 Å². The molecule has 0 bridgehead atoms. The minimum absolute atomic E-state index is 0.0339. The smallest absolute Gasteiger partial charge is 0.389 e. The van der Waals surface area contributed by atoms with Crippen molar-refractivity contribution in [3.05, 3.63) is 23.4 Å². The van der Waals surface area contributed by atoms with Crippen molar-refractivity contribution in [3.63, 3.8) is 0 Å². The molecule has 1 heterocycles. The second kappa shape index (κ2) is 7.28. The number of aromatic nitrogens is 1. The predicted octanol–water partition coefficient (Wildman–Crippen LogP) is 4.05. The zero-order valence-corrected chi connectivity index (χ0v) is 12.0. The van der Waals surface area contributed by atoms with E-state index < -0.39 is 18.6 Å². The molecule has 0 atom stereocenters. The van der Waals surface area contributed by atoms with Gasteiger partial charge in [0, 0.05) is 18.7 Å². The fraction of sp³-hybridized carbons (Fsp3) is 0.571. The number of carboxylic acids is 1. The zero-order chi connectivity index (χ0) is 16.0. The van der Waals surface area contributed by atoms with Crippen LogP contribution in [0.1, 0.15) is 55.1 Å². The third kappa shape index (κ3) is 6.46. The Morgan fingerprint density at radius 2 is 2.00 bits per heavy atom. The van der Waals surface area contributed by atoms with Crippen LogP contribution in [0.2, 0.25) is 0 Å². The van der Waals surface area contributed by atoms with Crippen molar-refractivity contribution in [1.82, 2.24) is 4.98 Å². The van der Waals surface area contributed by atoms with Gasteiger partial charge in [-0.3, -0.25) is 0 Å². The first-order valence-corrected chi connectivity index (χ1v) is 6.75. The Morgan fingerprint density at radius 1 is 1.33 bits per heavy atom. The summed E-state index contributed by atoms with van der Waals surface area (Å²) >= 11 is 0. The van der Waals surface area contributed by atoms with Crippen molar-refractivity contribution in [2.45, 2.75) is 45.2 Å². The van der Waals surface area contributed by atoms with E-state index in [4.69, 9.17) is 5.11 Å². The third-order valence-electron chi connectivity index (χ3n) is 2.88. The highest BCUT2D eigenvalue weighted by Gasteiger charge is 2.25. The van der Waals surface area contributed by atoms with E-state index >= 15 is 0 Å². The third-order valence-corrected chi connectivity index (χ3v) is 2.88. The number of pyridine rings is 1. The number of anilines is 1. The Bertz CT molecular complexity index is 488. The maximum Gasteiger partial charge on any atom is 0.389 e. The molecule has 1 aromatic heterocycles. The summed E-state index contributed by atoms with van der Waals surface area (Å²) in [6.45, 7) is 4.10. The van der Waals surface area contributed by atoms with Gasteiger partial charge >= 0.3 is 12.1 Å². The Hall–Kier alpha value is -1.79. The number of carboxylic acid groups (broad SMARTS) is 1. The summed E-state index contributed by atoms with van der Waals surface area (Å²) < 4.78 is 36.0. The number of carbonyl (C=O) groups is 1. The minimum Gasteiger partial charge on any atom is -0.478 e. The van der Waals surface area contributed by atoms with Gasteiger partial charge in [0.25, 0.3) is 0 Å². The molecule has 0 aliphatic rings. The van der Waals surface area contributed by atoms with Crippen molar-refractivity contribution >= 4 is 11.8 Å². The normalized spacial score (nSPS) is 11.7. The van der Waals surface area contributed by atoms with Crippen LogP contribution in [0.15, 0.2) is 12.1 Å². The van der Waals surface area contributed by atoms with Gasteiger partial charge in [0.15, 0.2) is 0 Å². The lowest BCUT2D eigenvalue weighted by Gasteiger charge is -2.11. The van der Waals surface area contributed by atoms with Gasteiger partial charge in [0.05, 0.1) is 5.56 Å². The van der Waals surface area contributed by atoms with Gasteiger partial charge in [-0.05, 0) is 30.9 Å². The van der Waals surface area contributed by atoms with Gasteiger partial charge in [0.2, 0.25) is 0 Å². The Morgan fingerprint density at radius 3 is 2.52 bits per heavy atom. The summed E-state index contributed by atoms with van der Waals surface area (Å²) in [6.07, 6.45) is -4.57. The summed E-state index contributed by atoms with van der Waals surface area (Å²) in [5.41, 5.74) is 0.749. The van der Waals surface area contributed by atoms with Crippen molar-refractivity contribution < 1.29 is 23.1 Å². The molecule has 0 spiro atoms. The van der Waals surface area contributed by atoms with E-state index in [9.17, 15) is 18.0 Å². The van der Waals surface area contributed by atoms with E-state index in [0.29, 0.717) is 24.5 Å². The lowest BCUT2D eigenvalue weighted by molar-refractivity contribution is -0.135. The van der Waals surface area contributed by atoms with E-state index in [1.54, 1.807) is 0 Å². The monoisotopic (exact) mass is 304 g/mol. The predicted molar refractivity (Wildman–Crippen MR) is 73.7 cm³/mol. The first kappa shape index (κ1) is 17.3. The van der Waals surface area contributed by atoms with Crippen LogP contribution in [0.4, 0.5) is 19.0 Å². The molecule has 0 saturated carbocycles. The summed E-state index contributed by atoms with van der Waals surface area (Å²) in [4.78, 5) is 15.3. The van der Waals surface area contributed by atoms with Gasteiger partial charge in [-0.2, -0.15) is 13.2 Å². The Labute approximate surface area is 121 Å². The second-order valence-corrected chi connectivity index (χ2v) is 5.12. The molecular weight excluding hydrogens is 285 g/mol. The Balaban J connectivity index is 2.60. The molecule has 0 amide bonds. The van der Waals surface area contributed by atoms with E-state index in [1.165, 1.54) is 12.1 Å². The maximum absolute atomic E-state index is 12.0. The fourth-order valence-electron chi connectivity index (χ4n) is 1.73. The van der Waals surface area contributed by atoms with Crippen LogP contribution in [-0.4, -0.2) is 28.8 Å². The summed E-state index contributed by atoms with van der Waals surface area (Å²) in [5, 5.41) is 11.9. The van der Waals surface area contributed by atoms with Crippen molar-refractivity contribution in [1.29, 1.82) is 0 Å². The van der Waals surface area contributed by atoms with Crippen LogP contribution in [0.3, 0.4) is 0 Å². The largest absolute Gasteiger partial charge is 0.478 e. The number of rotatable bonds is 7. The van der Waals surface area contributed by atoms with E-state index in [2.05, 4.69) is 10.3 Å². The van der Waals surface area contributed by atoms with Gasteiger partial charge in [0.1, 0.15) is 5.82 Å². The number of hydrogen-bond acceptors (Lipinski definition) is 3. The van der Waals surface area contributed by atoms with Crippen LogP contribution < -0.4 is 5.32 Å². The number of nitrogens with one attached hydrogen (secondary N) is 1. The molecule has 7 heteroatoms. The Kier molecular flexibility index (Phi) is 5.99. The molecule has 0 radical (unpaired) electrons. The van der Waals surface area contributed by atoms with Crippen LogP contribution >= 0.6 is 0 Å². The summed E-state index contributed by atoms with van der Waals surface area (Å²) in [6, 6.07) is 2.89. The zero-order valence-electron chi connectivity index (χ0n) is 12.0. The quantitative estimate of drug-likeness (QED) is 0.746. The van der Waals surface area contributed by atoms with E-state index in [0.717, 1.165) is 0 Å². The number of aromatic carboxylic acids is 1. The molecule has 0 aliphatic heterocycles. The lowest BCUT2D eigenvalue weighted by atomic mass is 10.1. The standard InChI is InChI=1S/C14H19F3N2O2/c1-9(2)11-7-10(13(20)21)8-12(19-11)18-6-4-3-5-14(15,16)17/h7-9H,3-6H2,1-2H3,(H,18,19)(H,20,21). The van der Waals surface area contributed by atoms with Crippen molar-refractivity contribution in [2.24, 2.45) is 0 Å². The lowest BCUT2D eigenvalue weighted by Crippen LogP contribution is -2.10. The van der Waals surface area contributed by atoms with E-state index in [-0.39, 0.29) is 17.9 Å². The van der Waals surface area contributed by atoms with Crippen molar-refractivity contribution in [3.8, 4) is 0 Å². The average molecular weight is 304 g/mol. The molecule has 2 N–H and O–H groups in total. The highest BCUT2D eigenvalue weighted by molar-refractivity contribution is 5.88. The van der Waals surface area contributed by atoms with Crippen LogP contribution in [0, 0.1) is 0 Å². The molecular formula is C14H19F3N2O2. The molecule has 0 aromatic carbocycles. The molecule has 0 unspecified atom stereocenters. The van der Waals surface area contributed by atoms with Gasteiger partial charge < -0.3 is 10.4 Å². The van der Waals surface area contributed by atoms with E-state index in [1.807, 2.05) is 13.8 Å². The van der Waals surface area contributed by atoms with Gasteiger partial charge in [-0.1, -0.05) is 13.8 Å². The number of unbranched alkanes of at least 4 members (excludes halogenated alkanes) is 1. The van der Waals surface area contributed by atoms with Crippen LogP contribution in [0.25, 0.3) is 0 Å². The SMILES string of the molecule is CC(C)c1cc(C(=O)O)cc(NCCCCC(F)(F)F)n1. The molecule has 1 rings (SSSR count). The average Bonchev–Trinajstić information content (AvgIpc) is 2.36. The second-order valence-electron chi connectivity index (χ2n) is 5.12. The molecule has 118 valence electrons. The van der Waals surface area contributed by atoms with Crippen molar-refractivity contribution in [2.75, 3.05) is 11.9 Å². The van der Waals surface area contributed by atoms with Crippen LogP contribution in [0.5, 0.6) is 0 Å². The first-order valence-electron chi connectivity index (χ1n) is 6.75. The topological polar surface area (TPSA) is 62.2 Å². The maximum atomic E-state index is 12.0. The number of hydrogen-bond donors (Lipinski definition) is 2. The number of nitrogens with zero attached hydrogens (tertiary/aromatic N) is 1. The molecule has 21 heavy (non-hydrogen) atoms. The summed E-state index contributed by atoms with van der Waals surface area (Å²) in [7, 11) is 0. The number of alkyl halides is 3. The molecule has 0 aliphatic carbocycles. The minimum atomic E-state index is -4.13. The molecule has 0 saturated heterocycles.